The molecule has 2 unspecified atom stereocenters. The van der Waals surface area contributed by atoms with Crippen LogP contribution in [0, 0.1) is 18.7 Å². The van der Waals surface area contributed by atoms with E-state index in [4.69, 9.17) is 4.74 Å². The Morgan fingerprint density at radius 2 is 2.00 bits per heavy atom. The van der Waals surface area contributed by atoms with Crippen molar-refractivity contribution < 1.29 is 18.7 Å². The number of carbonyl (C=O) groups excluding carboxylic acids is 2. The van der Waals surface area contributed by atoms with Crippen molar-refractivity contribution in [2.45, 2.75) is 45.6 Å². The average molecular weight is 430 g/mol. The Labute approximate surface area is 178 Å². The number of benzene rings is 1. The number of halogens is 1. The molecular formula is C22H24FN3O3S. The fourth-order valence-corrected chi connectivity index (χ4v) is 4.96. The van der Waals surface area contributed by atoms with E-state index in [9.17, 15) is 14.0 Å². The Bertz CT molecular complexity index is 1070. The van der Waals surface area contributed by atoms with Crippen molar-refractivity contribution in [1.82, 2.24) is 15.1 Å². The van der Waals surface area contributed by atoms with Gasteiger partial charge in [0, 0.05) is 11.4 Å². The van der Waals surface area contributed by atoms with Crippen LogP contribution in [0.2, 0.25) is 0 Å². The SMILES string of the molecule is Cc1nn(-c2ccc(F)cc2)c2sc(C(=O)OCC(=O)NC3CCCCC3C)cc12. The molecule has 2 atom stereocenters. The second kappa shape index (κ2) is 8.55. The lowest BCUT2D eigenvalue weighted by Crippen LogP contribution is -2.42. The number of aromatic nitrogens is 2. The highest BCUT2D eigenvalue weighted by Gasteiger charge is 2.24. The van der Waals surface area contributed by atoms with Crippen LogP contribution >= 0.6 is 11.3 Å². The maximum atomic E-state index is 13.2. The summed E-state index contributed by atoms with van der Waals surface area (Å²) in [5, 5.41) is 8.30. The number of thiophene rings is 1. The summed E-state index contributed by atoms with van der Waals surface area (Å²) in [5.74, 6) is -0.682. The maximum absolute atomic E-state index is 13.2. The van der Waals surface area contributed by atoms with Gasteiger partial charge in [-0.05, 0) is 56.0 Å². The topological polar surface area (TPSA) is 73.2 Å². The number of hydrogen-bond acceptors (Lipinski definition) is 5. The first-order valence-corrected chi connectivity index (χ1v) is 11.0. The van der Waals surface area contributed by atoms with Crippen LogP contribution in [0.5, 0.6) is 0 Å². The van der Waals surface area contributed by atoms with Crippen LogP contribution in [0.25, 0.3) is 15.9 Å². The molecule has 1 fully saturated rings. The molecule has 158 valence electrons. The molecule has 8 heteroatoms. The third-order valence-electron chi connectivity index (χ3n) is 5.61. The second-order valence-electron chi connectivity index (χ2n) is 7.81. The first-order valence-electron chi connectivity index (χ1n) is 10.1. The standard InChI is InChI=1S/C22H24FN3O3S/c1-13-5-3-4-6-18(13)24-20(27)12-29-22(28)19-11-17-14(2)25-26(21(17)30-19)16-9-7-15(23)8-10-16/h7-11,13,18H,3-6,12H2,1-2H3,(H,24,27). The van der Waals surface area contributed by atoms with Crippen LogP contribution in [0.15, 0.2) is 30.3 Å². The van der Waals surface area contributed by atoms with Gasteiger partial charge < -0.3 is 10.1 Å². The molecule has 1 saturated carbocycles. The zero-order valence-electron chi connectivity index (χ0n) is 17.0. The van der Waals surface area contributed by atoms with Crippen molar-refractivity contribution >= 4 is 33.4 Å². The van der Waals surface area contributed by atoms with E-state index in [0.29, 0.717) is 16.5 Å². The predicted octanol–water partition coefficient (Wildman–Crippen LogP) is 4.39. The molecule has 1 aromatic carbocycles. The van der Waals surface area contributed by atoms with E-state index in [1.54, 1.807) is 22.9 Å². The number of nitrogens with one attached hydrogen (secondary N) is 1. The van der Waals surface area contributed by atoms with Gasteiger partial charge in [0.2, 0.25) is 0 Å². The molecule has 0 saturated heterocycles. The summed E-state index contributed by atoms with van der Waals surface area (Å²) in [5.41, 5.74) is 1.46. The highest BCUT2D eigenvalue weighted by atomic mass is 32.1. The summed E-state index contributed by atoms with van der Waals surface area (Å²) in [6.45, 7) is 3.70. The van der Waals surface area contributed by atoms with Gasteiger partial charge in [-0.2, -0.15) is 5.10 Å². The number of aryl methyl sites for hydroxylation is 1. The van der Waals surface area contributed by atoms with Crippen LogP contribution < -0.4 is 5.32 Å². The molecular weight excluding hydrogens is 405 g/mol. The minimum absolute atomic E-state index is 0.151. The Hall–Kier alpha value is -2.74. The minimum atomic E-state index is -0.534. The Balaban J connectivity index is 1.44. The molecule has 4 rings (SSSR count). The maximum Gasteiger partial charge on any atom is 0.348 e. The van der Waals surface area contributed by atoms with E-state index in [-0.39, 0.29) is 24.4 Å². The van der Waals surface area contributed by atoms with E-state index in [1.807, 2.05) is 6.92 Å². The molecule has 30 heavy (non-hydrogen) atoms. The summed E-state index contributed by atoms with van der Waals surface area (Å²) < 4.78 is 20.2. The number of hydrogen-bond donors (Lipinski definition) is 1. The number of esters is 1. The van der Waals surface area contributed by atoms with E-state index in [1.165, 1.54) is 29.9 Å². The zero-order chi connectivity index (χ0) is 21.3. The van der Waals surface area contributed by atoms with Gasteiger partial charge in [-0.25, -0.2) is 13.9 Å². The van der Waals surface area contributed by atoms with E-state index >= 15 is 0 Å². The smallest absolute Gasteiger partial charge is 0.348 e. The second-order valence-corrected chi connectivity index (χ2v) is 8.85. The van der Waals surface area contributed by atoms with Crippen LogP contribution in [0.1, 0.15) is 48.0 Å². The van der Waals surface area contributed by atoms with Gasteiger partial charge in [-0.3, -0.25) is 4.79 Å². The quantitative estimate of drug-likeness (QED) is 0.611. The van der Waals surface area contributed by atoms with Crippen molar-refractivity contribution in [3.8, 4) is 5.69 Å². The van der Waals surface area contributed by atoms with Crippen molar-refractivity contribution in [1.29, 1.82) is 0 Å². The molecule has 0 bridgehead atoms. The number of amides is 1. The molecule has 0 aliphatic heterocycles. The Morgan fingerprint density at radius 1 is 1.27 bits per heavy atom. The highest BCUT2D eigenvalue weighted by molar-refractivity contribution is 7.20. The molecule has 6 nitrogen and oxygen atoms in total. The van der Waals surface area contributed by atoms with E-state index in [0.717, 1.165) is 35.2 Å². The Kier molecular flexibility index (Phi) is 5.85. The van der Waals surface area contributed by atoms with Gasteiger partial charge in [-0.1, -0.05) is 19.8 Å². The van der Waals surface area contributed by atoms with Crippen molar-refractivity contribution in [3.05, 3.63) is 46.7 Å². The average Bonchev–Trinajstić information content (AvgIpc) is 3.29. The normalized spacial score (nSPS) is 19.0. The highest BCUT2D eigenvalue weighted by Crippen LogP contribution is 2.31. The first kappa shape index (κ1) is 20.5. The largest absolute Gasteiger partial charge is 0.451 e. The number of fused-ring (bicyclic) bond motifs is 1. The van der Waals surface area contributed by atoms with Gasteiger partial charge in [0.15, 0.2) is 6.61 Å². The monoisotopic (exact) mass is 429 g/mol. The van der Waals surface area contributed by atoms with Crippen LogP contribution in [0.4, 0.5) is 4.39 Å². The summed E-state index contributed by atoms with van der Waals surface area (Å²) >= 11 is 1.24. The van der Waals surface area contributed by atoms with Crippen molar-refractivity contribution in [3.63, 3.8) is 0 Å². The lowest BCUT2D eigenvalue weighted by molar-refractivity contribution is -0.125. The van der Waals surface area contributed by atoms with Gasteiger partial charge in [0.05, 0.1) is 11.4 Å². The van der Waals surface area contributed by atoms with E-state index < -0.39 is 5.97 Å². The zero-order valence-corrected chi connectivity index (χ0v) is 17.8. The lowest BCUT2D eigenvalue weighted by atomic mass is 9.86. The van der Waals surface area contributed by atoms with E-state index in [2.05, 4.69) is 17.3 Å². The fraction of sp³-hybridized carbons (Fsp3) is 0.409. The Morgan fingerprint density at radius 3 is 2.73 bits per heavy atom. The third-order valence-corrected chi connectivity index (χ3v) is 6.70. The molecule has 1 N–H and O–H groups in total. The van der Waals surface area contributed by atoms with Gasteiger partial charge >= 0.3 is 5.97 Å². The fourth-order valence-electron chi connectivity index (χ4n) is 3.89. The minimum Gasteiger partial charge on any atom is -0.451 e. The number of nitrogens with zero attached hydrogens (tertiary/aromatic N) is 2. The molecule has 0 radical (unpaired) electrons. The summed E-state index contributed by atoms with van der Waals surface area (Å²) in [6, 6.07) is 7.88. The molecule has 0 spiro atoms. The lowest BCUT2D eigenvalue weighted by Gasteiger charge is -2.29. The van der Waals surface area contributed by atoms with Crippen LogP contribution in [0.3, 0.4) is 0 Å². The van der Waals surface area contributed by atoms with Crippen LogP contribution in [-0.2, 0) is 9.53 Å². The van der Waals surface area contributed by atoms with Crippen molar-refractivity contribution in [2.24, 2.45) is 5.92 Å². The van der Waals surface area contributed by atoms with Crippen molar-refractivity contribution in [2.75, 3.05) is 6.61 Å². The number of carbonyl (C=O) groups is 2. The van der Waals surface area contributed by atoms with Gasteiger partial charge in [0.25, 0.3) is 5.91 Å². The first-order chi connectivity index (χ1) is 14.4. The van der Waals surface area contributed by atoms with Gasteiger partial charge in [-0.15, -0.1) is 11.3 Å². The van der Waals surface area contributed by atoms with Gasteiger partial charge in [0.1, 0.15) is 15.5 Å². The molecule has 2 aromatic heterocycles. The molecule has 2 heterocycles. The number of rotatable bonds is 5. The van der Waals surface area contributed by atoms with Crippen LogP contribution in [-0.4, -0.2) is 34.3 Å². The summed E-state index contributed by atoms with van der Waals surface area (Å²) in [4.78, 5) is 25.9. The molecule has 1 aliphatic rings. The molecule has 1 amide bonds. The molecule has 3 aromatic rings. The third kappa shape index (κ3) is 4.23. The summed E-state index contributed by atoms with van der Waals surface area (Å²) in [6.07, 6.45) is 4.39. The number of ether oxygens (including phenoxy) is 1. The summed E-state index contributed by atoms with van der Waals surface area (Å²) in [7, 11) is 0. The molecule has 1 aliphatic carbocycles. The predicted molar refractivity (Wildman–Crippen MR) is 113 cm³/mol.